The van der Waals surface area contributed by atoms with Crippen LogP contribution in [0.15, 0.2) is 27.3 Å². The van der Waals surface area contributed by atoms with Crippen LogP contribution >= 0.6 is 23.9 Å². The molecule has 0 fully saturated rings. The SMILES string of the molecule is CC=C=C(OC)P(/C(CC)=C(/Br)OC)C([Si](C)(C)C)[Si](C)(C)C. The summed E-state index contributed by atoms with van der Waals surface area (Å²) >= 11 is 3.65. The molecule has 0 aliphatic heterocycles. The van der Waals surface area contributed by atoms with Crippen molar-refractivity contribution in [3.05, 3.63) is 27.3 Å². The molecular formula is C17H34BrO2PSi2. The van der Waals surface area contributed by atoms with Gasteiger partial charge in [-0.2, -0.15) is 0 Å². The average Bonchev–Trinajstić information content (AvgIpc) is 2.41. The van der Waals surface area contributed by atoms with E-state index < -0.39 is 24.1 Å². The van der Waals surface area contributed by atoms with E-state index in [0.717, 1.165) is 16.6 Å². The molecule has 0 bridgehead atoms. The van der Waals surface area contributed by atoms with Crippen LogP contribution in [-0.4, -0.2) is 35.3 Å². The Morgan fingerprint density at radius 2 is 1.57 bits per heavy atom. The summed E-state index contributed by atoms with van der Waals surface area (Å²) in [5.74, 6) is 0. The number of hydrogen-bond acceptors (Lipinski definition) is 2. The lowest BCUT2D eigenvalue weighted by Crippen LogP contribution is -2.53. The highest BCUT2D eigenvalue weighted by Gasteiger charge is 2.46. The number of halogens is 1. The van der Waals surface area contributed by atoms with Gasteiger partial charge in [-0.1, -0.05) is 51.9 Å². The van der Waals surface area contributed by atoms with E-state index in [1.54, 1.807) is 14.2 Å². The Labute approximate surface area is 155 Å². The van der Waals surface area contributed by atoms with Crippen molar-refractivity contribution in [2.24, 2.45) is 0 Å². The highest BCUT2D eigenvalue weighted by Crippen LogP contribution is 2.63. The third-order valence-corrected chi connectivity index (χ3v) is 21.8. The smallest absolute Gasteiger partial charge is 0.165 e. The fourth-order valence-corrected chi connectivity index (χ4v) is 24.3. The van der Waals surface area contributed by atoms with Gasteiger partial charge in [0.25, 0.3) is 0 Å². The molecule has 0 aromatic carbocycles. The molecule has 0 rings (SSSR count). The van der Waals surface area contributed by atoms with Crippen molar-refractivity contribution in [3.63, 3.8) is 0 Å². The Balaban J connectivity index is 6.62. The highest BCUT2D eigenvalue weighted by atomic mass is 79.9. The number of allylic oxidation sites excluding steroid dienone is 2. The summed E-state index contributed by atoms with van der Waals surface area (Å²) in [6, 6.07) is 0. The van der Waals surface area contributed by atoms with Gasteiger partial charge in [-0.25, -0.2) is 0 Å². The Morgan fingerprint density at radius 3 is 1.83 bits per heavy atom. The van der Waals surface area contributed by atoms with Crippen LogP contribution in [0.4, 0.5) is 0 Å². The summed E-state index contributed by atoms with van der Waals surface area (Å²) in [5, 5.41) is 1.35. The number of methoxy groups -OCH3 is 2. The maximum atomic E-state index is 5.84. The zero-order chi connectivity index (χ0) is 18.4. The molecule has 0 amide bonds. The first-order valence-electron chi connectivity index (χ1n) is 8.12. The normalized spacial score (nSPS) is 14.8. The van der Waals surface area contributed by atoms with Gasteiger partial charge in [-0.3, -0.25) is 0 Å². The van der Waals surface area contributed by atoms with E-state index in [9.17, 15) is 0 Å². The number of ether oxygens (including phenoxy) is 2. The minimum Gasteiger partial charge on any atom is -0.490 e. The van der Waals surface area contributed by atoms with Gasteiger partial charge >= 0.3 is 0 Å². The second-order valence-electron chi connectivity index (χ2n) is 7.72. The maximum absolute atomic E-state index is 5.84. The van der Waals surface area contributed by atoms with E-state index >= 15 is 0 Å². The van der Waals surface area contributed by atoms with Gasteiger partial charge in [0.15, 0.2) is 10.2 Å². The van der Waals surface area contributed by atoms with Crippen molar-refractivity contribution in [1.82, 2.24) is 0 Å². The van der Waals surface area contributed by atoms with E-state index in [4.69, 9.17) is 9.47 Å². The van der Waals surface area contributed by atoms with E-state index in [-0.39, 0.29) is 0 Å². The Hall–Kier alpha value is 0.204. The van der Waals surface area contributed by atoms with E-state index in [2.05, 4.69) is 67.9 Å². The molecule has 0 aliphatic carbocycles. The van der Waals surface area contributed by atoms with Crippen LogP contribution in [0, 0.1) is 0 Å². The first-order valence-corrected chi connectivity index (χ1v) is 17.5. The molecule has 0 radical (unpaired) electrons. The molecule has 0 saturated carbocycles. The molecule has 23 heavy (non-hydrogen) atoms. The van der Waals surface area contributed by atoms with Gasteiger partial charge < -0.3 is 9.47 Å². The van der Waals surface area contributed by atoms with E-state index in [1.807, 2.05) is 13.0 Å². The molecular weight excluding hydrogens is 403 g/mol. The number of rotatable bonds is 8. The second kappa shape index (κ2) is 9.63. The van der Waals surface area contributed by atoms with Crippen LogP contribution in [0.3, 0.4) is 0 Å². The van der Waals surface area contributed by atoms with Crippen molar-refractivity contribution in [2.75, 3.05) is 14.2 Å². The molecule has 1 atom stereocenters. The Kier molecular flexibility index (Phi) is 9.71. The highest BCUT2D eigenvalue weighted by molar-refractivity contribution is 9.11. The van der Waals surface area contributed by atoms with Crippen molar-refractivity contribution in [1.29, 1.82) is 0 Å². The standard InChI is InChI=1S/C17H34BrO2PSi2/c1-11-13-15(19-3)21(14(12-2)16(18)20-4)17(22(5,6)7)23(8,9)10/h11,17H,12H2,1-10H3/b16-14-. The fourth-order valence-electron chi connectivity index (χ4n) is 3.34. The molecule has 6 heteroatoms. The van der Waals surface area contributed by atoms with Crippen LogP contribution in [0.5, 0.6) is 0 Å². The summed E-state index contributed by atoms with van der Waals surface area (Å²) in [4.78, 5) is 0.699. The Morgan fingerprint density at radius 1 is 1.09 bits per heavy atom. The largest absolute Gasteiger partial charge is 0.490 e. The van der Waals surface area contributed by atoms with Gasteiger partial charge in [0, 0.05) is 13.2 Å². The first-order chi connectivity index (χ1) is 10.4. The Bertz CT molecular complexity index is 470. The molecule has 0 saturated heterocycles. The third kappa shape index (κ3) is 6.55. The summed E-state index contributed by atoms with van der Waals surface area (Å²) in [5.41, 5.74) is 4.39. The predicted octanol–water partition coefficient (Wildman–Crippen LogP) is 6.87. The quantitative estimate of drug-likeness (QED) is 0.178. The minimum atomic E-state index is -1.41. The third-order valence-electron chi connectivity index (χ3n) is 3.61. The summed E-state index contributed by atoms with van der Waals surface area (Å²) in [6.07, 6.45) is 2.93. The van der Waals surface area contributed by atoms with Crippen LogP contribution in [0.2, 0.25) is 39.3 Å². The average molecular weight is 438 g/mol. The second-order valence-corrected chi connectivity index (χ2v) is 22.8. The van der Waals surface area contributed by atoms with Gasteiger partial charge in [0.05, 0.1) is 30.4 Å². The van der Waals surface area contributed by atoms with Crippen molar-refractivity contribution in [3.8, 4) is 0 Å². The van der Waals surface area contributed by atoms with Crippen LogP contribution in [0.1, 0.15) is 20.3 Å². The van der Waals surface area contributed by atoms with Crippen molar-refractivity contribution in [2.45, 2.75) is 64.5 Å². The lowest BCUT2D eigenvalue weighted by Gasteiger charge is -2.44. The molecule has 0 aliphatic rings. The number of hydrogen-bond donors (Lipinski definition) is 0. The van der Waals surface area contributed by atoms with E-state index in [0.29, 0.717) is 4.91 Å². The van der Waals surface area contributed by atoms with Gasteiger partial charge in [-0.15, -0.1) is 0 Å². The first kappa shape index (κ1) is 23.2. The molecule has 1 unspecified atom stereocenters. The minimum absolute atomic E-state index is 0.595. The van der Waals surface area contributed by atoms with Gasteiger partial charge in [0.1, 0.15) is 0 Å². The summed E-state index contributed by atoms with van der Waals surface area (Å²) in [6.45, 7) is 19.1. The summed E-state index contributed by atoms with van der Waals surface area (Å²) < 4.78 is 12.3. The van der Waals surface area contributed by atoms with Gasteiger partial charge in [-0.05, 0) is 40.3 Å². The van der Waals surface area contributed by atoms with Crippen LogP contribution < -0.4 is 0 Å². The topological polar surface area (TPSA) is 18.5 Å². The monoisotopic (exact) mass is 436 g/mol. The maximum Gasteiger partial charge on any atom is 0.165 e. The predicted molar refractivity (Wildman–Crippen MR) is 115 cm³/mol. The molecule has 2 nitrogen and oxygen atoms in total. The molecule has 134 valence electrons. The zero-order valence-electron chi connectivity index (χ0n) is 16.5. The van der Waals surface area contributed by atoms with Crippen molar-refractivity contribution < 1.29 is 9.47 Å². The molecule has 0 N–H and O–H groups in total. The van der Waals surface area contributed by atoms with Crippen LogP contribution in [-0.2, 0) is 9.47 Å². The molecule has 0 aromatic rings. The van der Waals surface area contributed by atoms with Gasteiger partial charge in [0.2, 0.25) is 0 Å². The van der Waals surface area contributed by atoms with Crippen molar-refractivity contribution >= 4 is 40.0 Å². The van der Waals surface area contributed by atoms with E-state index in [1.165, 1.54) is 5.31 Å². The molecule has 0 spiro atoms. The summed E-state index contributed by atoms with van der Waals surface area (Å²) in [7, 11) is 0.105. The lowest BCUT2D eigenvalue weighted by atomic mass is 10.5. The lowest BCUT2D eigenvalue weighted by molar-refractivity contribution is 0.319. The van der Waals surface area contributed by atoms with Crippen LogP contribution in [0.25, 0.3) is 0 Å². The molecule has 0 aromatic heterocycles. The fraction of sp³-hybridized carbons (Fsp3) is 0.706. The zero-order valence-corrected chi connectivity index (χ0v) is 21.0. The molecule has 0 heterocycles.